The Morgan fingerprint density at radius 1 is 1.00 bits per heavy atom. The number of fused-ring (bicyclic) bond motifs is 1. The third-order valence-electron chi connectivity index (χ3n) is 4.56. The Balaban J connectivity index is 1.80. The topological polar surface area (TPSA) is 93.1 Å². The second-order valence-corrected chi connectivity index (χ2v) is 6.34. The van der Waals surface area contributed by atoms with Crippen LogP contribution in [0.3, 0.4) is 0 Å². The molecular weight excluding hydrogens is 344 g/mol. The van der Waals surface area contributed by atoms with Crippen LogP contribution in [0.1, 0.15) is 17.0 Å². The Labute approximate surface area is 154 Å². The van der Waals surface area contributed by atoms with Gasteiger partial charge in [0.05, 0.1) is 5.52 Å². The highest BCUT2D eigenvalue weighted by Gasteiger charge is 2.28. The van der Waals surface area contributed by atoms with Gasteiger partial charge in [0.25, 0.3) is 11.8 Å². The number of urea groups is 1. The number of hydrogen-bond donors (Lipinski definition) is 2. The van der Waals surface area contributed by atoms with Crippen molar-refractivity contribution in [3.05, 3.63) is 65.1 Å². The van der Waals surface area contributed by atoms with Gasteiger partial charge in [0.1, 0.15) is 5.57 Å². The lowest BCUT2D eigenvalue weighted by Gasteiger charge is -2.14. The largest absolute Gasteiger partial charge is 0.328 e. The van der Waals surface area contributed by atoms with E-state index in [4.69, 9.17) is 0 Å². The number of rotatable bonds is 2. The predicted octanol–water partition coefficient (Wildman–Crippen LogP) is 2.39. The van der Waals surface area contributed by atoms with Crippen molar-refractivity contribution in [1.29, 1.82) is 0 Å². The number of aryl methyl sites for hydroxylation is 1. The first-order valence-electron chi connectivity index (χ1n) is 8.36. The summed E-state index contributed by atoms with van der Waals surface area (Å²) in [5.74, 6) is -1.41. The minimum atomic E-state index is -0.809. The highest BCUT2D eigenvalue weighted by Crippen LogP contribution is 2.25. The minimum Gasteiger partial charge on any atom is -0.318 e. The van der Waals surface area contributed by atoms with Crippen molar-refractivity contribution in [2.24, 2.45) is 0 Å². The molecule has 7 heteroatoms. The summed E-state index contributed by atoms with van der Waals surface area (Å²) < 4.78 is 2.03. The highest BCUT2D eigenvalue weighted by atomic mass is 16.2. The quantitative estimate of drug-likeness (QED) is 0.542. The van der Waals surface area contributed by atoms with Gasteiger partial charge in [-0.3, -0.25) is 25.2 Å². The van der Waals surface area contributed by atoms with Crippen molar-refractivity contribution in [3.8, 4) is 5.69 Å². The molecule has 1 fully saturated rings. The third-order valence-corrected chi connectivity index (χ3v) is 4.56. The first-order chi connectivity index (χ1) is 12.9. The minimum absolute atomic E-state index is 0.102. The summed E-state index contributed by atoms with van der Waals surface area (Å²) in [6.07, 6.45) is 3.24. The number of carbonyl (C=O) groups excluding carboxylic acids is 3. The molecule has 1 aliphatic heterocycles. The molecule has 2 N–H and O–H groups in total. The number of benzene rings is 1. The van der Waals surface area contributed by atoms with E-state index in [2.05, 4.69) is 15.6 Å². The molecule has 0 saturated carbocycles. The molecule has 0 aliphatic carbocycles. The van der Waals surface area contributed by atoms with Crippen molar-refractivity contribution in [2.75, 3.05) is 0 Å². The van der Waals surface area contributed by atoms with E-state index in [0.717, 1.165) is 33.5 Å². The van der Waals surface area contributed by atoms with Gasteiger partial charge in [-0.05, 0) is 49.8 Å². The zero-order chi connectivity index (χ0) is 19.1. The van der Waals surface area contributed by atoms with Gasteiger partial charge in [0, 0.05) is 28.7 Å². The van der Waals surface area contributed by atoms with Crippen LogP contribution in [0.15, 0.2) is 48.2 Å². The average Bonchev–Trinajstić information content (AvgIpc) is 2.91. The third kappa shape index (κ3) is 2.89. The first kappa shape index (κ1) is 16.7. The maximum atomic E-state index is 12.0. The van der Waals surface area contributed by atoms with Crippen LogP contribution in [-0.4, -0.2) is 27.4 Å². The second-order valence-electron chi connectivity index (χ2n) is 6.34. The number of nitrogens with one attached hydrogen (secondary N) is 2. The van der Waals surface area contributed by atoms with Crippen LogP contribution in [0.5, 0.6) is 0 Å². The van der Waals surface area contributed by atoms with Crippen molar-refractivity contribution in [1.82, 2.24) is 20.2 Å². The highest BCUT2D eigenvalue weighted by molar-refractivity contribution is 6.31. The Bertz CT molecular complexity index is 1140. The van der Waals surface area contributed by atoms with Gasteiger partial charge in [0.2, 0.25) is 0 Å². The number of carbonyl (C=O) groups is 3. The first-order valence-corrected chi connectivity index (χ1v) is 8.36. The summed E-state index contributed by atoms with van der Waals surface area (Å²) in [6, 6.07) is 11.0. The van der Waals surface area contributed by atoms with Gasteiger partial charge >= 0.3 is 6.03 Å². The van der Waals surface area contributed by atoms with E-state index in [1.54, 1.807) is 6.20 Å². The number of barbiturate groups is 1. The molecule has 0 atom stereocenters. The second kappa shape index (κ2) is 6.21. The normalized spacial score (nSPS) is 14.3. The number of amides is 4. The lowest BCUT2D eigenvalue weighted by Crippen LogP contribution is -2.51. The summed E-state index contributed by atoms with van der Waals surface area (Å²) >= 11 is 0. The molecule has 4 rings (SSSR count). The lowest BCUT2D eigenvalue weighted by molar-refractivity contribution is -0.123. The van der Waals surface area contributed by atoms with E-state index in [9.17, 15) is 14.4 Å². The Morgan fingerprint density at radius 2 is 1.74 bits per heavy atom. The lowest BCUT2D eigenvalue weighted by atomic mass is 10.1. The smallest absolute Gasteiger partial charge is 0.318 e. The van der Waals surface area contributed by atoms with E-state index < -0.39 is 17.8 Å². The molecule has 1 aliphatic rings. The van der Waals surface area contributed by atoms with Gasteiger partial charge in [-0.15, -0.1) is 0 Å². The summed E-state index contributed by atoms with van der Waals surface area (Å²) in [5, 5.41) is 5.21. The molecule has 27 heavy (non-hydrogen) atoms. The summed E-state index contributed by atoms with van der Waals surface area (Å²) in [7, 11) is 0. The van der Waals surface area contributed by atoms with Gasteiger partial charge in [-0.1, -0.05) is 12.1 Å². The molecule has 2 aromatic heterocycles. The van der Waals surface area contributed by atoms with Crippen LogP contribution < -0.4 is 10.6 Å². The van der Waals surface area contributed by atoms with Crippen LogP contribution in [0.2, 0.25) is 0 Å². The molecule has 1 saturated heterocycles. The van der Waals surface area contributed by atoms with Crippen molar-refractivity contribution < 1.29 is 14.4 Å². The van der Waals surface area contributed by atoms with Gasteiger partial charge in [0.15, 0.2) is 0 Å². The summed E-state index contributed by atoms with van der Waals surface area (Å²) in [6.45, 7) is 3.86. The fourth-order valence-corrected chi connectivity index (χ4v) is 3.29. The zero-order valence-corrected chi connectivity index (χ0v) is 14.7. The van der Waals surface area contributed by atoms with Crippen LogP contribution in [0, 0.1) is 13.8 Å². The van der Waals surface area contributed by atoms with Crippen LogP contribution in [0.4, 0.5) is 4.79 Å². The molecular formula is C20H16N4O3. The van der Waals surface area contributed by atoms with E-state index in [0.29, 0.717) is 0 Å². The van der Waals surface area contributed by atoms with Crippen LogP contribution in [-0.2, 0) is 9.59 Å². The van der Waals surface area contributed by atoms with Crippen molar-refractivity contribution in [2.45, 2.75) is 13.8 Å². The van der Waals surface area contributed by atoms with Crippen molar-refractivity contribution in [3.63, 3.8) is 0 Å². The van der Waals surface area contributed by atoms with Gasteiger partial charge < -0.3 is 4.57 Å². The SMILES string of the molecule is Cc1cc(C=C2C(=O)NC(=O)NC2=O)c(C)n1-c1ccc2cccnc2c1. The average molecular weight is 360 g/mol. The number of hydrogen-bond acceptors (Lipinski definition) is 4. The maximum Gasteiger partial charge on any atom is 0.328 e. The molecule has 3 heterocycles. The van der Waals surface area contributed by atoms with Crippen LogP contribution in [0.25, 0.3) is 22.7 Å². The molecule has 0 bridgehead atoms. The fraction of sp³-hybridized carbons (Fsp3) is 0.100. The Morgan fingerprint density at radius 3 is 2.48 bits per heavy atom. The monoisotopic (exact) mass is 360 g/mol. The molecule has 0 spiro atoms. The number of nitrogens with zero attached hydrogens (tertiary/aromatic N) is 2. The maximum absolute atomic E-state index is 12.0. The molecule has 0 radical (unpaired) electrons. The van der Waals surface area contributed by atoms with Crippen LogP contribution >= 0.6 is 0 Å². The molecule has 1 aromatic carbocycles. The predicted molar refractivity (Wildman–Crippen MR) is 100 cm³/mol. The van der Waals surface area contributed by atoms with E-state index in [-0.39, 0.29) is 5.57 Å². The van der Waals surface area contributed by atoms with Gasteiger partial charge in [-0.2, -0.15) is 0 Å². The van der Waals surface area contributed by atoms with Crippen molar-refractivity contribution >= 4 is 34.8 Å². The number of aromatic nitrogens is 2. The Hall–Kier alpha value is -3.74. The number of pyridine rings is 1. The molecule has 0 unspecified atom stereocenters. The fourth-order valence-electron chi connectivity index (χ4n) is 3.29. The van der Waals surface area contributed by atoms with E-state index in [1.165, 1.54) is 6.08 Å². The Kier molecular flexibility index (Phi) is 3.84. The summed E-state index contributed by atoms with van der Waals surface area (Å²) in [4.78, 5) is 39.5. The van der Waals surface area contributed by atoms with E-state index in [1.807, 2.05) is 54.8 Å². The van der Waals surface area contributed by atoms with E-state index >= 15 is 0 Å². The van der Waals surface area contributed by atoms with Gasteiger partial charge in [-0.25, -0.2) is 4.79 Å². The number of imide groups is 2. The molecule has 4 amide bonds. The molecule has 7 nitrogen and oxygen atoms in total. The summed E-state index contributed by atoms with van der Waals surface area (Å²) in [5.41, 5.74) is 4.26. The zero-order valence-electron chi connectivity index (χ0n) is 14.7. The molecule has 134 valence electrons. The molecule has 3 aromatic rings. The standard InChI is InChI=1S/C20H16N4O3/c1-11-8-14(9-16-18(25)22-20(27)23-19(16)26)12(2)24(11)15-6-5-13-4-3-7-21-17(13)10-15/h3-10H,1-2H3,(H2,22,23,25,26,27).